The second-order valence-corrected chi connectivity index (χ2v) is 7.46. The van der Waals surface area contributed by atoms with E-state index in [9.17, 15) is 0 Å². The van der Waals surface area contributed by atoms with Gasteiger partial charge in [0.15, 0.2) is 0 Å². The van der Waals surface area contributed by atoms with E-state index in [1.807, 2.05) is 0 Å². The Morgan fingerprint density at radius 2 is 1.70 bits per heavy atom. The molecule has 1 heteroatoms. The summed E-state index contributed by atoms with van der Waals surface area (Å²) in [7, 11) is 2.34. The van der Waals surface area contributed by atoms with E-state index < -0.39 is 0 Å². The van der Waals surface area contributed by atoms with Crippen molar-refractivity contribution < 1.29 is 0 Å². The topological polar surface area (TPSA) is 3.24 Å². The van der Waals surface area contributed by atoms with Gasteiger partial charge in [-0.2, -0.15) is 0 Å². The zero-order chi connectivity index (χ0) is 15.6. The van der Waals surface area contributed by atoms with Crippen LogP contribution in [0.2, 0.25) is 0 Å². The highest BCUT2D eigenvalue weighted by atomic mass is 15.1. The molecule has 1 fully saturated rings. The molecule has 23 heavy (non-hydrogen) atoms. The fraction of sp³-hybridized carbons (Fsp3) is 0.455. The Morgan fingerprint density at radius 1 is 0.913 bits per heavy atom. The normalized spacial score (nSPS) is 27.8. The maximum absolute atomic E-state index is 2.64. The summed E-state index contributed by atoms with van der Waals surface area (Å²) in [6, 6.07) is 20.9. The molecule has 1 aliphatic heterocycles. The molecule has 0 amide bonds. The molecule has 0 spiro atoms. The second-order valence-electron chi connectivity index (χ2n) is 7.46. The average molecular weight is 305 g/mol. The molecule has 1 unspecified atom stereocenters. The fourth-order valence-electron chi connectivity index (χ4n) is 4.74. The number of aryl methyl sites for hydroxylation is 1. The third-order valence-corrected chi connectivity index (χ3v) is 6.10. The number of nitrogens with zero attached hydrogens (tertiary/aromatic N) is 1. The lowest BCUT2D eigenvalue weighted by molar-refractivity contribution is 0.230. The van der Waals surface area contributed by atoms with Gasteiger partial charge in [-0.15, -0.1) is 0 Å². The predicted octanol–water partition coefficient (Wildman–Crippen LogP) is 4.67. The highest BCUT2D eigenvalue weighted by Crippen LogP contribution is 2.41. The van der Waals surface area contributed by atoms with E-state index in [-0.39, 0.29) is 0 Å². The molecule has 2 aromatic carbocycles. The molecule has 1 nitrogen and oxygen atoms in total. The van der Waals surface area contributed by atoms with Crippen molar-refractivity contribution in [2.24, 2.45) is 5.92 Å². The zero-order valence-corrected chi connectivity index (χ0v) is 14.1. The first kappa shape index (κ1) is 15.0. The SMILES string of the molecule is CN1C[C@@H]2c3ccccc3CC[C@H]2CCC1Cc1ccccc1. The summed E-state index contributed by atoms with van der Waals surface area (Å²) in [6.07, 6.45) is 6.59. The Bertz CT molecular complexity index is 648. The van der Waals surface area contributed by atoms with Gasteiger partial charge in [-0.25, -0.2) is 0 Å². The number of hydrogen-bond acceptors (Lipinski definition) is 1. The van der Waals surface area contributed by atoms with E-state index >= 15 is 0 Å². The first-order valence-electron chi connectivity index (χ1n) is 9.13. The monoisotopic (exact) mass is 305 g/mol. The van der Waals surface area contributed by atoms with Gasteiger partial charge in [0.2, 0.25) is 0 Å². The summed E-state index contributed by atoms with van der Waals surface area (Å²) in [5.74, 6) is 1.62. The van der Waals surface area contributed by atoms with E-state index in [1.165, 1.54) is 44.2 Å². The lowest BCUT2D eigenvalue weighted by Crippen LogP contribution is -2.35. The summed E-state index contributed by atoms with van der Waals surface area (Å²) in [6.45, 7) is 1.22. The van der Waals surface area contributed by atoms with Crippen LogP contribution in [-0.2, 0) is 12.8 Å². The van der Waals surface area contributed by atoms with Crippen molar-refractivity contribution in [2.75, 3.05) is 13.6 Å². The van der Waals surface area contributed by atoms with Crippen LogP contribution in [0.4, 0.5) is 0 Å². The van der Waals surface area contributed by atoms with E-state index in [1.54, 1.807) is 11.1 Å². The minimum absolute atomic E-state index is 0.690. The molecule has 1 saturated heterocycles. The standard InChI is InChI=1S/C22H27N/c1-23-16-22-19(12-11-18-9-5-6-10-21(18)22)13-14-20(23)15-17-7-3-2-4-8-17/h2-10,19-20,22H,11-16H2,1H3/t19-,20?,22-/m0/s1. The van der Waals surface area contributed by atoms with Crippen LogP contribution >= 0.6 is 0 Å². The first-order chi connectivity index (χ1) is 11.3. The number of benzene rings is 2. The second kappa shape index (κ2) is 6.49. The van der Waals surface area contributed by atoms with Gasteiger partial charge in [0.1, 0.15) is 0 Å². The number of likely N-dealkylation sites (N-methyl/N-ethyl adjacent to an activating group) is 1. The van der Waals surface area contributed by atoms with E-state index in [0.717, 1.165) is 11.8 Å². The molecule has 1 aliphatic carbocycles. The van der Waals surface area contributed by atoms with Gasteiger partial charge in [-0.1, -0.05) is 54.6 Å². The van der Waals surface area contributed by atoms with Crippen LogP contribution in [0, 0.1) is 5.92 Å². The van der Waals surface area contributed by atoms with Crippen LogP contribution in [0.25, 0.3) is 0 Å². The van der Waals surface area contributed by atoms with Crippen LogP contribution < -0.4 is 0 Å². The maximum Gasteiger partial charge on any atom is 0.0133 e. The van der Waals surface area contributed by atoms with Crippen molar-refractivity contribution in [1.29, 1.82) is 0 Å². The molecule has 0 saturated carbocycles. The summed E-state index contributed by atoms with van der Waals surface area (Å²) >= 11 is 0. The highest BCUT2D eigenvalue weighted by molar-refractivity contribution is 5.34. The lowest BCUT2D eigenvalue weighted by Gasteiger charge is -2.34. The molecule has 3 atom stereocenters. The Labute approximate surface area is 140 Å². The van der Waals surface area contributed by atoms with Gasteiger partial charge >= 0.3 is 0 Å². The molecule has 0 radical (unpaired) electrons. The molecule has 120 valence electrons. The van der Waals surface area contributed by atoms with Crippen LogP contribution in [0.5, 0.6) is 0 Å². The van der Waals surface area contributed by atoms with E-state index in [4.69, 9.17) is 0 Å². The molecule has 0 aromatic heterocycles. The number of rotatable bonds is 2. The van der Waals surface area contributed by atoms with Crippen LogP contribution in [0.1, 0.15) is 41.9 Å². The Balaban J connectivity index is 1.54. The molecule has 1 heterocycles. The van der Waals surface area contributed by atoms with Gasteiger partial charge in [-0.05, 0) is 67.7 Å². The van der Waals surface area contributed by atoms with Crippen molar-refractivity contribution in [3.05, 3.63) is 71.3 Å². The molecule has 2 aliphatic rings. The molecule has 4 rings (SSSR count). The fourth-order valence-corrected chi connectivity index (χ4v) is 4.74. The molecule has 0 N–H and O–H groups in total. The molecular formula is C22H27N. The third kappa shape index (κ3) is 3.07. The summed E-state index contributed by atoms with van der Waals surface area (Å²) < 4.78 is 0. The van der Waals surface area contributed by atoms with Crippen molar-refractivity contribution >= 4 is 0 Å². The number of likely N-dealkylation sites (tertiary alicyclic amines) is 1. The van der Waals surface area contributed by atoms with Crippen molar-refractivity contribution in [3.8, 4) is 0 Å². The van der Waals surface area contributed by atoms with Gasteiger partial charge in [0.25, 0.3) is 0 Å². The van der Waals surface area contributed by atoms with Crippen molar-refractivity contribution in [1.82, 2.24) is 4.90 Å². The molecule has 0 bridgehead atoms. The van der Waals surface area contributed by atoms with Gasteiger partial charge in [0, 0.05) is 12.6 Å². The van der Waals surface area contributed by atoms with E-state index in [2.05, 4.69) is 66.5 Å². The third-order valence-electron chi connectivity index (χ3n) is 6.10. The van der Waals surface area contributed by atoms with Gasteiger partial charge < -0.3 is 4.90 Å². The van der Waals surface area contributed by atoms with Crippen molar-refractivity contribution in [3.63, 3.8) is 0 Å². The summed E-state index contributed by atoms with van der Waals surface area (Å²) in [4.78, 5) is 2.64. The summed E-state index contributed by atoms with van der Waals surface area (Å²) in [5, 5.41) is 0. The average Bonchev–Trinajstić information content (AvgIpc) is 2.75. The molecular weight excluding hydrogens is 278 g/mol. The van der Waals surface area contributed by atoms with Crippen LogP contribution in [0.15, 0.2) is 54.6 Å². The lowest BCUT2D eigenvalue weighted by atomic mass is 9.73. The van der Waals surface area contributed by atoms with Crippen molar-refractivity contribution in [2.45, 2.75) is 44.1 Å². The highest BCUT2D eigenvalue weighted by Gasteiger charge is 2.34. The Hall–Kier alpha value is -1.60. The van der Waals surface area contributed by atoms with E-state index in [0.29, 0.717) is 6.04 Å². The molecule has 2 aromatic rings. The predicted molar refractivity (Wildman–Crippen MR) is 96.8 cm³/mol. The quantitative estimate of drug-likeness (QED) is 0.779. The largest absolute Gasteiger partial charge is 0.302 e. The Morgan fingerprint density at radius 3 is 2.57 bits per heavy atom. The Kier molecular flexibility index (Phi) is 4.22. The van der Waals surface area contributed by atoms with Gasteiger partial charge in [-0.3, -0.25) is 0 Å². The minimum atomic E-state index is 0.690. The van der Waals surface area contributed by atoms with Crippen LogP contribution in [-0.4, -0.2) is 24.5 Å². The van der Waals surface area contributed by atoms with Crippen LogP contribution in [0.3, 0.4) is 0 Å². The number of fused-ring (bicyclic) bond motifs is 3. The zero-order valence-electron chi connectivity index (χ0n) is 14.1. The minimum Gasteiger partial charge on any atom is -0.302 e. The summed E-state index contributed by atoms with van der Waals surface area (Å²) in [5.41, 5.74) is 4.72. The first-order valence-corrected chi connectivity index (χ1v) is 9.13. The van der Waals surface area contributed by atoms with Gasteiger partial charge in [0.05, 0.1) is 0 Å². The maximum atomic E-state index is 2.64. The number of hydrogen-bond donors (Lipinski definition) is 0. The smallest absolute Gasteiger partial charge is 0.0133 e.